The molecule has 1 aromatic heterocycles. The highest BCUT2D eigenvalue weighted by Gasteiger charge is 2.42. The van der Waals surface area contributed by atoms with Gasteiger partial charge in [0.15, 0.2) is 0 Å². The van der Waals surface area contributed by atoms with Crippen molar-refractivity contribution in [3.8, 4) is 0 Å². The van der Waals surface area contributed by atoms with Crippen molar-refractivity contribution in [3.05, 3.63) is 30.1 Å². The summed E-state index contributed by atoms with van der Waals surface area (Å²) >= 11 is 0. The molecule has 0 saturated heterocycles. The van der Waals surface area contributed by atoms with Gasteiger partial charge >= 0.3 is 15.2 Å². The zero-order valence-electron chi connectivity index (χ0n) is 9.25. The van der Waals surface area contributed by atoms with Crippen molar-refractivity contribution in [2.24, 2.45) is 0 Å². The van der Waals surface area contributed by atoms with E-state index in [2.05, 4.69) is 10.3 Å². The summed E-state index contributed by atoms with van der Waals surface area (Å²) in [5.41, 5.74) is -1.52. The highest BCUT2D eigenvalue weighted by molar-refractivity contribution is 7.70. The molecule has 0 aliphatic rings. The van der Waals surface area contributed by atoms with Gasteiger partial charge in [-0.1, -0.05) is 6.07 Å². The number of hydrogen-bond donors (Lipinski definition) is 5. The van der Waals surface area contributed by atoms with Gasteiger partial charge < -0.3 is 19.6 Å². The SMILES string of the molecule is O=P(O)(O)C(NCCc1ccccn1)P(=O)(O)O. The van der Waals surface area contributed by atoms with Crippen LogP contribution >= 0.6 is 15.2 Å². The summed E-state index contributed by atoms with van der Waals surface area (Å²) in [7, 11) is -9.83. The van der Waals surface area contributed by atoms with Gasteiger partial charge in [-0.2, -0.15) is 0 Å². The number of hydrogen-bond acceptors (Lipinski definition) is 4. The van der Waals surface area contributed by atoms with E-state index in [1.54, 1.807) is 24.4 Å². The second-order valence-corrected chi connectivity index (χ2v) is 7.37. The average Bonchev–Trinajstić information content (AvgIpc) is 2.22. The minimum absolute atomic E-state index is 0.00208. The second kappa shape index (κ2) is 6.04. The molecule has 0 spiro atoms. The molecule has 18 heavy (non-hydrogen) atoms. The summed E-state index contributed by atoms with van der Waals surface area (Å²) in [6.45, 7) is -0.00208. The second-order valence-electron chi connectivity index (χ2n) is 3.58. The van der Waals surface area contributed by atoms with Gasteiger partial charge in [0.1, 0.15) is 0 Å². The molecular formula is C8H14N2O6P2. The predicted octanol–water partition coefficient (Wildman–Crippen LogP) is -0.147. The Balaban J connectivity index is 2.60. The van der Waals surface area contributed by atoms with E-state index in [0.29, 0.717) is 12.1 Å². The Labute approximate surface area is 103 Å². The molecule has 1 aromatic rings. The van der Waals surface area contributed by atoms with E-state index in [-0.39, 0.29) is 6.54 Å². The zero-order valence-corrected chi connectivity index (χ0v) is 11.0. The summed E-state index contributed by atoms with van der Waals surface area (Å²) in [6.07, 6.45) is 1.86. The van der Waals surface area contributed by atoms with Crippen LogP contribution in [0.3, 0.4) is 0 Å². The quantitative estimate of drug-likeness (QED) is 0.457. The van der Waals surface area contributed by atoms with Crippen LogP contribution in [0.2, 0.25) is 0 Å². The van der Waals surface area contributed by atoms with E-state index in [1.165, 1.54) is 0 Å². The number of pyridine rings is 1. The third-order valence-corrected chi connectivity index (χ3v) is 5.52. The van der Waals surface area contributed by atoms with Crippen molar-refractivity contribution in [1.82, 2.24) is 10.3 Å². The Morgan fingerprint density at radius 1 is 1.17 bits per heavy atom. The molecule has 5 N–H and O–H groups in total. The molecule has 1 heterocycles. The summed E-state index contributed by atoms with van der Waals surface area (Å²) in [4.78, 5) is 39.4. The van der Waals surface area contributed by atoms with E-state index in [1.807, 2.05) is 0 Å². The first-order chi connectivity index (χ1) is 8.21. The van der Waals surface area contributed by atoms with Crippen molar-refractivity contribution in [3.63, 3.8) is 0 Å². The molecule has 10 heteroatoms. The third-order valence-electron chi connectivity index (χ3n) is 2.07. The van der Waals surface area contributed by atoms with E-state index >= 15 is 0 Å². The third kappa shape index (κ3) is 4.96. The lowest BCUT2D eigenvalue weighted by atomic mass is 10.3. The van der Waals surface area contributed by atoms with Gasteiger partial charge in [-0.15, -0.1) is 0 Å². The number of rotatable bonds is 6. The standard InChI is InChI=1S/C8H14N2O6P2/c11-17(12,13)8(18(14,15)16)10-6-4-7-3-1-2-5-9-7/h1-3,5,8,10H,4,6H2,(H2,11,12,13)(H2,14,15,16). The topological polar surface area (TPSA) is 140 Å². The first-order valence-electron chi connectivity index (χ1n) is 4.95. The maximum atomic E-state index is 10.9. The fourth-order valence-corrected chi connectivity index (χ4v) is 3.61. The molecule has 0 aliphatic heterocycles. The van der Waals surface area contributed by atoms with E-state index in [0.717, 1.165) is 0 Å². The smallest absolute Gasteiger partial charge is 0.323 e. The molecule has 102 valence electrons. The largest absolute Gasteiger partial charge is 0.354 e. The lowest BCUT2D eigenvalue weighted by molar-refractivity contribution is 0.328. The van der Waals surface area contributed by atoms with Crippen LogP contribution in [0.5, 0.6) is 0 Å². The molecule has 0 bridgehead atoms. The maximum absolute atomic E-state index is 10.9. The van der Waals surface area contributed by atoms with E-state index in [9.17, 15) is 9.13 Å². The van der Waals surface area contributed by atoms with Crippen LogP contribution in [0.15, 0.2) is 24.4 Å². The average molecular weight is 296 g/mol. The van der Waals surface area contributed by atoms with Gasteiger partial charge in [0.25, 0.3) is 0 Å². The van der Waals surface area contributed by atoms with Gasteiger partial charge in [-0.05, 0) is 12.1 Å². The normalized spacial score (nSPS) is 12.9. The van der Waals surface area contributed by atoms with Crippen molar-refractivity contribution in [2.75, 3.05) is 6.54 Å². The molecule has 1 rings (SSSR count). The van der Waals surface area contributed by atoms with Gasteiger partial charge in [-0.25, -0.2) is 0 Å². The lowest BCUT2D eigenvalue weighted by Crippen LogP contribution is -2.30. The minimum atomic E-state index is -4.91. The van der Waals surface area contributed by atoms with Crippen molar-refractivity contribution in [2.45, 2.75) is 11.9 Å². The predicted molar refractivity (Wildman–Crippen MR) is 63.8 cm³/mol. The van der Waals surface area contributed by atoms with Gasteiger partial charge in [0.2, 0.25) is 5.52 Å². The summed E-state index contributed by atoms with van der Waals surface area (Å²) in [5.74, 6) is 0. The Bertz CT molecular complexity index is 448. The summed E-state index contributed by atoms with van der Waals surface area (Å²) in [5, 5.41) is 2.18. The van der Waals surface area contributed by atoms with Crippen molar-refractivity contribution < 1.29 is 28.7 Å². The highest BCUT2D eigenvalue weighted by Crippen LogP contribution is 2.58. The number of nitrogens with one attached hydrogen (secondary N) is 1. The Morgan fingerprint density at radius 3 is 2.22 bits per heavy atom. The molecule has 8 nitrogen and oxygen atoms in total. The van der Waals surface area contributed by atoms with Crippen LogP contribution < -0.4 is 5.32 Å². The molecule has 0 radical (unpaired) electrons. The van der Waals surface area contributed by atoms with Crippen molar-refractivity contribution >= 4 is 15.2 Å². The molecule has 0 aliphatic carbocycles. The van der Waals surface area contributed by atoms with Crippen LogP contribution in [0.1, 0.15) is 5.69 Å². The van der Waals surface area contributed by atoms with Gasteiger partial charge in [0.05, 0.1) is 0 Å². The molecule has 0 saturated carbocycles. The van der Waals surface area contributed by atoms with E-state index < -0.39 is 20.7 Å². The first-order valence-corrected chi connectivity index (χ1v) is 8.31. The summed E-state index contributed by atoms with van der Waals surface area (Å²) < 4.78 is 21.9. The Morgan fingerprint density at radius 2 is 1.78 bits per heavy atom. The van der Waals surface area contributed by atoms with Crippen molar-refractivity contribution in [1.29, 1.82) is 0 Å². The van der Waals surface area contributed by atoms with Crippen LogP contribution in [0.4, 0.5) is 0 Å². The lowest BCUT2D eigenvalue weighted by Gasteiger charge is -2.20. The first kappa shape index (κ1) is 15.5. The molecule has 0 fully saturated rings. The molecule has 0 atom stereocenters. The summed E-state index contributed by atoms with van der Waals surface area (Å²) in [6, 6.07) is 5.16. The van der Waals surface area contributed by atoms with E-state index in [4.69, 9.17) is 19.6 Å². The molecule has 0 unspecified atom stereocenters. The molecular weight excluding hydrogens is 282 g/mol. The zero-order chi connectivity index (χ0) is 13.8. The molecule has 0 aromatic carbocycles. The monoisotopic (exact) mass is 296 g/mol. The minimum Gasteiger partial charge on any atom is -0.323 e. The van der Waals surface area contributed by atoms with Crippen LogP contribution in [0.25, 0.3) is 0 Å². The van der Waals surface area contributed by atoms with Gasteiger partial charge in [0, 0.05) is 24.9 Å². The van der Waals surface area contributed by atoms with Gasteiger partial charge in [-0.3, -0.25) is 19.4 Å². The number of nitrogens with zero attached hydrogens (tertiary/aromatic N) is 1. The fraction of sp³-hybridized carbons (Fsp3) is 0.375. The Kier molecular flexibility index (Phi) is 5.19. The highest BCUT2D eigenvalue weighted by atomic mass is 31.2. The van der Waals surface area contributed by atoms with Crippen LogP contribution in [-0.2, 0) is 15.6 Å². The van der Waals surface area contributed by atoms with Crippen LogP contribution in [0, 0.1) is 0 Å². The van der Waals surface area contributed by atoms with Crippen LogP contribution in [-0.4, -0.2) is 36.6 Å². The fourth-order valence-electron chi connectivity index (χ4n) is 1.31. The number of aromatic nitrogens is 1. The maximum Gasteiger partial charge on any atom is 0.354 e. The Hall–Kier alpha value is -0.590. The molecule has 0 amide bonds.